The van der Waals surface area contributed by atoms with Crippen LogP contribution < -0.4 is 16.3 Å². The maximum atomic E-state index is 13.8. The van der Waals surface area contributed by atoms with E-state index in [1.54, 1.807) is 12.1 Å². The highest BCUT2D eigenvalue weighted by Gasteiger charge is 2.24. The number of nitrogens with zero attached hydrogens (tertiary/aromatic N) is 2. The number of pyridine rings is 1. The third-order valence-corrected chi connectivity index (χ3v) is 4.46. The van der Waals surface area contributed by atoms with Crippen LogP contribution >= 0.6 is 11.6 Å². The number of hydrogen-bond donors (Lipinski definition) is 4. The van der Waals surface area contributed by atoms with E-state index >= 15 is 0 Å². The fourth-order valence-corrected chi connectivity index (χ4v) is 2.96. The number of amides is 2. The minimum Gasteiger partial charge on any atom is -0.480 e. The first kappa shape index (κ1) is 21.0. The maximum Gasteiger partial charge on any atom is 0.328 e. The summed E-state index contributed by atoms with van der Waals surface area (Å²) in [6.45, 7) is -0.898. The van der Waals surface area contributed by atoms with E-state index in [0.717, 1.165) is 10.6 Å². The molecular weight excluding hydrogens is 421 g/mol. The van der Waals surface area contributed by atoms with Crippen molar-refractivity contribution < 1.29 is 23.9 Å². The van der Waals surface area contributed by atoms with Gasteiger partial charge >= 0.3 is 11.7 Å². The molecule has 156 valence electrons. The van der Waals surface area contributed by atoms with Crippen LogP contribution in [0.25, 0.3) is 11.2 Å². The number of carbonyl (C=O) groups excluding carboxylic acids is 2. The highest BCUT2D eigenvalue weighted by molar-refractivity contribution is 6.33. The summed E-state index contributed by atoms with van der Waals surface area (Å²) in [5.74, 6) is -4.09. The predicted octanol–water partition coefficient (Wildman–Crippen LogP) is 0.516. The monoisotopic (exact) mass is 435 g/mol. The molecule has 1 atom stereocenters. The molecule has 3 aromatic rings. The topological polar surface area (TPSA) is 146 Å². The van der Waals surface area contributed by atoms with Crippen molar-refractivity contribution in [3.05, 3.63) is 63.4 Å². The molecule has 12 heteroatoms. The van der Waals surface area contributed by atoms with E-state index in [-0.39, 0.29) is 5.02 Å². The van der Waals surface area contributed by atoms with Gasteiger partial charge in [-0.25, -0.2) is 19.0 Å². The molecule has 0 saturated heterocycles. The van der Waals surface area contributed by atoms with Gasteiger partial charge in [-0.1, -0.05) is 17.7 Å². The summed E-state index contributed by atoms with van der Waals surface area (Å²) in [6.07, 6.45) is 1.48. The molecule has 0 aliphatic rings. The van der Waals surface area contributed by atoms with Crippen LogP contribution in [0.3, 0.4) is 0 Å². The Kier molecular flexibility index (Phi) is 6.11. The van der Waals surface area contributed by atoms with E-state index in [1.807, 2.05) is 0 Å². The Balaban J connectivity index is 1.66. The van der Waals surface area contributed by atoms with Crippen LogP contribution in [0.2, 0.25) is 5.02 Å². The van der Waals surface area contributed by atoms with E-state index in [0.29, 0.717) is 11.2 Å². The summed E-state index contributed by atoms with van der Waals surface area (Å²) in [6, 6.07) is 5.21. The number of aliphatic carboxylic acids is 1. The van der Waals surface area contributed by atoms with E-state index in [9.17, 15) is 28.7 Å². The number of carboxylic acids is 1. The van der Waals surface area contributed by atoms with Crippen molar-refractivity contribution in [1.29, 1.82) is 0 Å². The molecular formula is C18H15ClFN5O5. The number of hydrogen-bond acceptors (Lipinski definition) is 5. The minimum atomic E-state index is -1.56. The molecule has 0 radical (unpaired) electrons. The summed E-state index contributed by atoms with van der Waals surface area (Å²) >= 11 is 5.80. The highest BCUT2D eigenvalue weighted by Crippen LogP contribution is 2.18. The minimum absolute atomic E-state index is 0.187. The first-order valence-corrected chi connectivity index (χ1v) is 8.93. The van der Waals surface area contributed by atoms with Gasteiger partial charge in [0.15, 0.2) is 5.65 Å². The molecule has 0 aliphatic carbocycles. The molecule has 0 spiro atoms. The standard InChI is InChI=1S/C18H15ClFN5O5/c19-9-3-1-4-10(20)14(9)16(27)23-11(17(28)29)7-22-13(26)8-25-12-5-2-6-21-15(12)24-18(25)30/h1-6,11H,7-8H2,(H,22,26)(H,23,27)(H,28,29)(H,21,24,30)/t11-/m0/s1. The number of halogens is 2. The molecule has 30 heavy (non-hydrogen) atoms. The first-order chi connectivity index (χ1) is 14.3. The zero-order valence-corrected chi connectivity index (χ0v) is 15.9. The van der Waals surface area contributed by atoms with Gasteiger partial charge in [-0.3, -0.25) is 19.1 Å². The highest BCUT2D eigenvalue weighted by atomic mass is 35.5. The zero-order valence-electron chi connectivity index (χ0n) is 15.2. The van der Waals surface area contributed by atoms with Crippen LogP contribution in [0, 0.1) is 5.82 Å². The van der Waals surface area contributed by atoms with Crippen molar-refractivity contribution in [1.82, 2.24) is 25.2 Å². The van der Waals surface area contributed by atoms with E-state index < -0.39 is 54.0 Å². The average molecular weight is 436 g/mol. The SMILES string of the molecule is O=C(Cn1c(=O)[nH]c2ncccc21)NC[C@H](NC(=O)c1c(F)cccc1Cl)C(=O)O. The Morgan fingerprint density at radius 1 is 1.27 bits per heavy atom. The fourth-order valence-electron chi connectivity index (χ4n) is 2.71. The van der Waals surface area contributed by atoms with Gasteiger partial charge in [-0.2, -0.15) is 0 Å². The van der Waals surface area contributed by atoms with Gasteiger partial charge in [0.1, 0.15) is 18.4 Å². The van der Waals surface area contributed by atoms with Crippen molar-refractivity contribution in [2.45, 2.75) is 12.6 Å². The molecule has 2 aromatic heterocycles. The van der Waals surface area contributed by atoms with Crippen molar-refractivity contribution in [3.63, 3.8) is 0 Å². The average Bonchev–Trinajstić information content (AvgIpc) is 3.00. The Bertz CT molecular complexity index is 1170. The number of nitrogens with one attached hydrogen (secondary N) is 3. The molecule has 0 saturated carbocycles. The van der Waals surface area contributed by atoms with Gasteiger partial charge < -0.3 is 15.7 Å². The lowest BCUT2D eigenvalue weighted by molar-refractivity contribution is -0.139. The number of carboxylic acid groups (broad SMARTS) is 1. The lowest BCUT2D eigenvalue weighted by Crippen LogP contribution is -2.49. The molecule has 0 fully saturated rings. The maximum absolute atomic E-state index is 13.8. The van der Waals surface area contributed by atoms with Crippen LogP contribution in [0.4, 0.5) is 4.39 Å². The molecule has 0 unspecified atom stereocenters. The van der Waals surface area contributed by atoms with Crippen LogP contribution in [0.5, 0.6) is 0 Å². The molecule has 4 N–H and O–H groups in total. The fraction of sp³-hybridized carbons (Fsp3) is 0.167. The summed E-state index contributed by atoms with van der Waals surface area (Å²) in [4.78, 5) is 54.3. The van der Waals surface area contributed by atoms with E-state index in [1.165, 1.54) is 18.3 Å². The van der Waals surface area contributed by atoms with Gasteiger partial charge in [0, 0.05) is 12.7 Å². The Labute approximate surface area is 172 Å². The number of aromatic amines is 1. The summed E-state index contributed by atoms with van der Waals surface area (Å²) in [5, 5.41) is 13.5. The van der Waals surface area contributed by atoms with Crippen LogP contribution in [0.1, 0.15) is 10.4 Å². The quantitative estimate of drug-likeness (QED) is 0.425. The smallest absolute Gasteiger partial charge is 0.328 e. The van der Waals surface area contributed by atoms with Crippen LogP contribution in [-0.2, 0) is 16.1 Å². The molecule has 1 aromatic carbocycles. The lowest BCUT2D eigenvalue weighted by atomic mass is 10.1. The Morgan fingerprint density at radius 2 is 2.03 bits per heavy atom. The third kappa shape index (κ3) is 4.46. The first-order valence-electron chi connectivity index (χ1n) is 8.56. The number of aromatic nitrogens is 3. The van der Waals surface area contributed by atoms with Crippen molar-refractivity contribution >= 4 is 40.5 Å². The summed E-state index contributed by atoms with van der Waals surface area (Å²) in [5.41, 5.74) is -0.367. The van der Waals surface area contributed by atoms with Gasteiger partial charge in [-0.15, -0.1) is 0 Å². The van der Waals surface area contributed by atoms with Crippen LogP contribution in [0.15, 0.2) is 41.3 Å². The van der Waals surface area contributed by atoms with Crippen molar-refractivity contribution in [2.24, 2.45) is 0 Å². The second-order valence-electron chi connectivity index (χ2n) is 6.15. The number of H-pyrrole nitrogens is 1. The second kappa shape index (κ2) is 8.74. The number of fused-ring (bicyclic) bond motifs is 1. The molecule has 0 aliphatic heterocycles. The Morgan fingerprint density at radius 3 is 2.73 bits per heavy atom. The zero-order chi connectivity index (χ0) is 21.8. The second-order valence-corrected chi connectivity index (χ2v) is 6.56. The summed E-state index contributed by atoms with van der Waals surface area (Å²) in [7, 11) is 0. The van der Waals surface area contributed by atoms with Crippen LogP contribution in [-0.4, -0.2) is 50.0 Å². The largest absolute Gasteiger partial charge is 0.480 e. The number of rotatable bonds is 7. The van der Waals surface area contributed by atoms with Gasteiger partial charge in [0.25, 0.3) is 5.91 Å². The number of imidazole rings is 1. The molecule has 0 bridgehead atoms. The molecule has 2 amide bonds. The van der Waals surface area contributed by atoms with Gasteiger partial charge in [0.05, 0.1) is 16.1 Å². The molecule has 2 heterocycles. The van der Waals surface area contributed by atoms with Gasteiger partial charge in [-0.05, 0) is 24.3 Å². The van der Waals surface area contributed by atoms with E-state index in [2.05, 4.69) is 20.6 Å². The predicted molar refractivity (Wildman–Crippen MR) is 104 cm³/mol. The molecule has 3 rings (SSSR count). The molecule has 10 nitrogen and oxygen atoms in total. The Hall–Kier alpha value is -3.73. The summed E-state index contributed by atoms with van der Waals surface area (Å²) < 4.78 is 15.0. The number of benzene rings is 1. The van der Waals surface area contributed by atoms with Gasteiger partial charge in [0.2, 0.25) is 5.91 Å². The third-order valence-electron chi connectivity index (χ3n) is 4.15. The number of carbonyl (C=O) groups is 3. The van der Waals surface area contributed by atoms with Crippen molar-refractivity contribution in [3.8, 4) is 0 Å². The lowest BCUT2D eigenvalue weighted by Gasteiger charge is -2.16. The van der Waals surface area contributed by atoms with E-state index in [4.69, 9.17) is 11.6 Å². The van der Waals surface area contributed by atoms with Crippen molar-refractivity contribution in [2.75, 3.05) is 6.54 Å². The normalized spacial score (nSPS) is 11.8.